The van der Waals surface area contributed by atoms with Crippen molar-refractivity contribution in [1.82, 2.24) is 5.32 Å². The van der Waals surface area contributed by atoms with E-state index < -0.39 is 11.7 Å². The normalized spacial score (nSPS) is 11.8. The summed E-state index contributed by atoms with van der Waals surface area (Å²) in [6.07, 6.45) is -2.21. The van der Waals surface area contributed by atoms with Gasteiger partial charge in [-0.15, -0.1) is 11.8 Å². The monoisotopic (exact) mass is 291 g/mol. The van der Waals surface area contributed by atoms with Crippen molar-refractivity contribution < 1.29 is 13.2 Å². The first-order valence-corrected chi connectivity index (χ1v) is 7.51. The molecule has 1 aromatic carbocycles. The van der Waals surface area contributed by atoms with Gasteiger partial charge in [0.15, 0.2) is 0 Å². The van der Waals surface area contributed by atoms with Gasteiger partial charge >= 0.3 is 6.18 Å². The van der Waals surface area contributed by atoms with E-state index in [4.69, 9.17) is 0 Å². The van der Waals surface area contributed by atoms with E-state index in [1.54, 1.807) is 12.1 Å². The number of thioether (sulfide) groups is 1. The lowest BCUT2D eigenvalue weighted by molar-refractivity contribution is -0.138. The minimum Gasteiger partial charge on any atom is -0.313 e. The molecule has 1 aromatic rings. The van der Waals surface area contributed by atoms with E-state index in [-0.39, 0.29) is 6.54 Å². The van der Waals surface area contributed by atoms with Crippen LogP contribution >= 0.6 is 11.8 Å². The van der Waals surface area contributed by atoms with E-state index in [0.717, 1.165) is 18.6 Å². The molecule has 5 heteroatoms. The highest BCUT2D eigenvalue weighted by molar-refractivity contribution is 7.99. The van der Waals surface area contributed by atoms with Crippen LogP contribution in [0, 0.1) is 0 Å². The van der Waals surface area contributed by atoms with Crippen molar-refractivity contribution in [1.29, 1.82) is 0 Å². The quantitative estimate of drug-likeness (QED) is 0.577. The highest BCUT2D eigenvalue weighted by Gasteiger charge is 2.33. The van der Waals surface area contributed by atoms with E-state index in [1.165, 1.54) is 17.8 Å². The number of nitrogens with one attached hydrogen (secondary N) is 1. The molecule has 1 N–H and O–H groups in total. The molecule has 1 rings (SSSR count). The molecule has 0 aromatic heterocycles. The number of alkyl halides is 3. The molecule has 0 fully saturated rings. The third-order valence-corrected chi connectivity index (χ3v) is 3.80. The van der Waals surface area contributed by atoms with Gasteiger partial charge in [-0.1, -0.05) is 26.3 Å². The van der Waals surface area contributed by atoms with Gasteiger partial charge in [0.25, 0.3) is 0 Å². The summed E-state index contributed by atoms with van der Waals surface area (Å²) in [5, 5.41) is 2.94. The Kier molecular flexibility index (Phi) is 6.72. The van der Waals surface area contributed by atoms with Crippen LogP contribution in [0.25, 0.3) is 0 Å². The van der Waals surface area contributed by atoms with Crippen LogP contribution in [0.5, 0.6) is 0 Å². The molecular formula is C14H20F3NS. The first kappa shape index (κ1) is 16.4. The lowest BCUT2D eigenvalue weighted by Gasteiger charge is -2.14. The number of rotatable bonds is 7. The maximum Gasteiger partial charge on any atom is 0.416 e. The Hall–Kier alpha value is -0.680. The van der Waals surface area contributed by atoms with Gasteiger partial charge < -0.3 is 5.32 Å². The van der Waals surface area contributed by atoms with Crippen LogP contribution in [-0.4, -0.2) is 12.3 Å². The zero-order chi connectivity index (χ0) is 14.3. The summed E-state index contributed by atoms with van der Waals surface area (Å²) >= 11 is 1.49. The van der Waals surface area contributed by atoms with Gasteiger partial charge in [0.05, 0.1) is 5.56 Å². The number of hydrogen-bond donors (Lipinski definition) is 1. The minimum atomic E-state index is -4.29. The Morgan fingerprint density at radius 1 is 1.21 bits per heavy atom. The van der Waals surface area contributed by atoms with Crippen molar-refractivity contribution in [2.45, 2.75) is 44.3 Å². The van der Waals surface area contributed by atoms with Crippen molar-refractivity contribution >= 4 is 11.8 Å². The second-order valence-electron chi connectivity index (χ2n) is 4.30. The van der Waals surface area contributed by atoms with E-state index in [9.17, 15) is 13.2 Å². The molecule has 0 saturated heterocycles. The lowest BCUT2D eigenvalue weighted by Crippen LogP contribution is -2.17. The van der Waals surface area contributed by atoms with Gasteiger partial charge in [0.1, 0.15) is 0 Å². The first-order chi connectivity index (χ1) is 8.99. The molecule has 0 saturated carbocycles. The molecular weight excluding hydrogens is 271 g/mol. The molecule has 1 nitrogen and oxygen atoms in total. The van der Waals surface area contributed by atoms with Crippen LogP contribution in [0.3, 0.4) is 0 Å². The summed E-state index contributed by atoms with van der Waals surface area (Å²) in [7, 11) is 0. The molecule has 0 radical (unpaired) electrons. The maximum absolute atomic E-state index is 13.0. The summed E-state index contributed by atoms with van der Waals surface area (Å²) in [4.78, 5) is 0.695. The molecule has 0 aliphatic carbocycles. The second-order valence-corrected chi connectivity index (χ2v) is 5.47. The Morgan fingerprint density at radius 3 is 2.53 bits per heavy atom. The van der Waals surface area contributed by atoms with E-state index >= 15 is 0 Å². The predicted molar refractivity (Wildman–Crippen MR) is 74.5 cm³/mol. The number of benzene rings is 1. The summed E-state index contributed by atoms with van der Waals surface area (Å²) in [5.41, 5.74) is -0.205. The standard InChI is InChI=1S/C14H20F3NS/c1-3-5-8-19-12-7-6-11(10-18-4-2)13(9-12)14(15,16)17/h6-7,9,18H,3-5,8,10H2,1-2H3. The van der Waals surface area contributed by atoms with E-state index in [2.05, 4.69) is 12.2 Å². The van der Waals surface area contributed by atoms with Gasteiger partial charge in [0, 0.05) is 11.4 Å². The topological polar surface area (TPSA) is 12.0 Å². The van der Waals surface area contributed by atoms with E-state index in [1.807, 2.05) is 6.92 Å². The number of halogens is 3. The molecule has 19 heavy (non-hydrogen) atoms. The van der Waals surface area contributed by atoms with Crippen LogP contribution in [-0.2, 0) is 12.7 Å². The maximum atomic E-state index is 13.0. The lowest BCUT2D eigenvalue weighted by atomic mass is 10.1. The van der Waals surface area contributed by atoms with Gasteiger partial charge in [-0.25, -0.2) is 0 Å². The van der Waals surface area contributed by atoms with Crippen molar-refractivity contribution in [2.75, 3.05) is 12.3 Å². The smallest absolute Gasteiger partial charge is 0.313 e. The van der Waals surface area contributed by atoms with Crippen molar-refractivity contribution in [3.63, 3.8) is 0 Å². The number of unbranched alkanes of at least 4 members (excludes halogenated alkanes) is 1. The molecule has 108 valence electrons. The Labute approximate surface area is 117 Å². The molecule has 0 aliphatic heterocycles. The summed E-state index contributed by atoms with van der Waals surface area (Å²) in [6, 6.07) is 4.63. The van der Waals surface area contributed by atoms with Gasteiger partial charge in [-0.2, -0.15) is 13.2 Å². The number of hydrogen-bond acceptors (Lipinski definition) is 2. The molecule has 0 spiro atoms. The highest BCUT2D eigenvalue weighted by Crippen LogP contribution is 2.35. The van der Waals surface area contributed by atoms with Crippen molar-refractivity contribution in [2.24, 2.45) is 0 Å². The van der Waals surface area contributed by atoms with Gasteiger partial charge in [0.2, 0.25) is 0 Å². The molecule has 0 heterocycles. The Bertz CT molecular complexity index is 391. The van der Waals surface area contributed by atoms with Crippen LogP contribution in [0.1, 0.15) is 37.8 Å². The average Bonchev–Trinajstić information content (AvgIpc) is 2.36. The summed E-state index contributed by atoms with van der Waals surface area (Å²) in [5.74, 6) is 0.861. The van der Waals surface area contributed by atoms with E-state index in [0.29, 0.717) is 17.0 Å². The fourth-order valence-electron chi connectivity index (χ4n) is 1.66. The van der Waals surface area contributed by atoms with Crippen LogP contribution < -0.4 is 5.32 Å². The van der Waals surface area contributed by atoms with Crippen LogP contribution in [0.4, 0.5) is 13.2 Å². The average molecular weight is 291 g/mol. The highest BCUT2D eigenvalue weighted by atomic mass is 32.2. The first-order valence-electron chi connectivity index (χ1n) is 6.52. The fraction of sp³-hybridized carbons (Fsp3) is 0.571. The summed E-state index contributed by atoms with van der Waals surface area (Å²) < 4.78 is 39.0. The Morgan fingerprint density at radius 2 is 1.95 bits per heavy atom. The van der Waals surface area contributed by atoms with Crippen molar-refractivity contribution in [3.8, 4) is 0 Å². The van der Waals surface area contributed by atoms with Crippen molar-refractivity contribution in [3.05, 3.63) is 29.3 Å². The fourth-order valence-corrected chi connectivity index (χ4v) is 2.69. The molecule has 0 atom stereocenters. The Balaban J connectivity index is 2.88. The molecule has 0 unspecified atom stereocenters. The third-order valence-electron chi connectivity index (χ3n) is 2.72. The zero-order valence-electron chi connectivity index (χ0n) is 11.3. The minimum absolute atomic E-state index is 0.255. The van der Waals surface area contributed by atoms with Crippen LogP contribution in [0.15, 0.2) is 23.1 Å². The SMILES string of the molecule is CCCCSc1ccc(CNCC)c(C(F)(F)F)c1. The second kappa shape index (κ2) is 7.80. The van der Waals surface area contributed by atoms with Gasteiger partial charge in [-0.05, 0) is 36.4 Å². The summed E-state index contributed by atoms with van der Waals surface area (Å²) in [6.45, 7) is 4.86. The predicted octanol–water partition coefficient (Wildman–Crippen LogP) is 4.71. The third kappa shape index (κ3) is 5.45. The van der Waals surface area contributed by atoms with Gasteiger partial charge in [-0.3, -0.25) is 0 Å². The molecule has 0 bridgehead atoms. The van der Waals surface area contributed by atoms with Crippen LogP contribution in [0.2, 0.25) is 0 Å². The molecule has 0 amide bonds. The zero-order valence-corrected chi connectivity index (χ0v) is 12.1. The molecule has 0 aliphatic rings. The largest absolute Gasteiger partial charge is 0.416 e.